The van der Waals surface area contributed by atoms with Crippen molar-refractivity contribution in [3.8, 4) is 0 Å². The van der Waals surface area contributed by atoms with Crippen LogP contribution >= 0.6 is 0 Å². The van der Waals surface area contributed by atoms with E-state index in [9.17, 15) is 4.79 Å². The number of primary amides is 1. The van der Waals surface area contributed by atoms with Crippen LogP contribution in [-0.2, 0) is 4.74 Å². The first kappa shape index (κ1) is 11.0. The van der Waals surface area contributed by atoms with Crippen LogP contribution in [0.3, 0.4) is 0 Å². The van der Waals surface area contributed by atoms with Crippen LogP contribution in [0.15, 0.2) is 24.4 Å². The van der Waals surface area contributed by atoms with Gasteiger partial charge in [-0.05, 0) is 12.1 Å². The molecule has 3 rings (SSSR count). The van der Waals surface area contributed by atoms with Gasteiger partial charge in [-0.25, -0.2) is 4.98 Å². The van der Waals surface area contributed by atoms with Gasteiger partial charge in [-0.1, -0.05) is 6.07 Å². The van der Waals surface area contributed by atoms with Crippen LogP contribution in [0.5, 0.6) is 0 Å². The number of anilines is 1. The molecule has 1 aliphatic heterocycles. The molecule has 1 saturated heterocycles. The van der Waals surface area contributed by atoms with Gasteiger partial charge < -0.3 is 15.4 Å². The van der Waals surface area contributed by atoms with E-state index in [1.165, 1.54) is 0 Å². The summed E-state index contributed by atoms with van der Waals surface area (Å²) in [7, 11) is 0. The average molecular weight is 246 g/mol. The van der Waals surface area contributed by atoms with Crippen LogP contribution in [0.25, 0.3) is 5.65 Å². The van der Waals surface area contributed by atoms with Crippen molar-refractivity contribution in [2.24, 2.45) is 5.73 Å². The Labute approximate surface area is 104 Å². The van der Waals surface area contributed by atoms with Gasteiger partial charge in [0.1, 0.15) is 5.65 Å². The fourth-order valence-corrected chi connectivity index (χ4v) is 2.21. The summed E-state index contributed by atoms with van der Waals surface area (Å²) in [6.45, 7) is 2.74. The van der Waals surface area contributed by atoms with E-state index in [1.807, 2.05) is 23.1 Å². The Hall–Kier alpha value is -2.08. The predicted octanol–water partition coefficient (Wildman–Crippen LogP) is 0.270. The Kier molecular flexibility index (Phi) is 2.64. The van der Waals surface area contributed by atoms with E-state index in [-0.39, 0.29) is 0 Å². The predicted molar refractivity (Wildman–Crippen MR) is 66.7 cm³/mol. The Balaban J connectivity index is 2.14. The van der Waals surface area contributed by atoms with Crippen molar-refractivity contribution in [3.63, 3.8) is 0 Å². The van der Waals surface area contributed by atoms with Crippen molar-refractivity contribution in [2.45, 2.75) is 0 Å². The maximum Gasteiger partial charge on any atom is 0.269 e. The molecule has 0 aromatic carbocycles. The zero-order chi connectivity index (χ0) is 12.5. The topological polar surface area (TPSA) is 72.9 Å². The van der Waals surface area contributed by atoms with Gasteiger partial charge in [0, 0.05) is 19.3 Å². The number of pyridine rings is 1. The molecule has 0 saturated carbocycles. The van der Waals surface area contributed by atoms with Crippen molar-refractivity contribution in [2.75, 3.05) is 31.2 Å². The molecule has 0 aliphatic carbocycles. The van der Waals surface area contributed by atoms with E-state index in [4.69, 9.17) is 10.5 Å². The van der Waals surface area contributed by atoms with E-state index in [2.05, 4.69) is 4.98 Å². The minimum Gasteiger partial charge on any atom is -0.378 e. The largest absolute Gasteiger partial charge is 0.378 e. The number of morpholine rings is 1. The van der Waals surface area contributed by atoms with Crippen LogP contribution in [0.2, 0.25) is 0 Å². The Morgan fingerprint density at radius 1 is 1.33 bits per heavy atom. The van der Waals surface area contributed by atoms with Crippen LogP contribution < -0.4 is 10.6 Å². The second-order valence-electron chi connectivity index (χ2n) is 4.18. The minimum atomic E-state index is -0.463. The summed E-state index contributed by atoms with van der Waals surface area (Å²) < 4.78 is 7.03. The van der Waals surface area contributed by atoms with E-state index in [0.717, 1.165) is 18.7 Å². The minimum absolute atomic E-state index is 0.438. The third-order valence-corrected chi connectivity index (χ3v) is 3.06. The lowest BCUT2D eigenvalue weighted by molar-refractivity contribution is 0.0993. The van der Waals surface area contributed by atoms with Crippen molar-refractivity contribution < 1.29 is 9.53 Å². The van der Waals surface area contributed by atoms with Gasteiger partial charge in [-0.3, -0.25) is 9.20 Å². The summed E-state index contributed by atoms with van der Waals surface area (Å²) in [4.78, 5) is 18.2. The summed E-state index contributed by atoms with van der Waals surface area (Å²) in [5.74, 6) is 0.187. The maximum atomic E-state index is 11.6. The molecule has 0 radical (unpaired) electrons. The smallest absolute Gasteiger partial charge is 0.269 e. The molecule has 6 nitrogen and oxygen atoms in total. The number of hydrogen-bond donors (Lipinski definition) is 1. The van der Waals surface area contributed by atoms with Gasteiger partial charge >= 0.3 is 0 Å². The number of carbonyl (C=O) groups excluding carboxylic acids is 1. The van der Waals surface area contributed by atoms with Crippen LogP contribution in [0.1, 0.15) is 10.5 Å². The molecule has 2 aromatic rings. The summed E-state index contributed by atoms with van der Waals surface area (Å²) in [6, 6.07) is 5.59. The average Bonchev–Trinajstić information content (AvgIpc) is 2.79. The first-order valence-electron chi connectivity index (χ1n) is 5.87. The van der Waals surface area contributed by atoms with E-state index in [1.54, 1.807) is 10.6 Å². The third kappa shape index (κ3) is 1.70. The molecule has 0 atom stereocenters. The van der Waals surface area contributed by atoms with Gasteiger partial charge in [0.2, 0.25) is 0 Å². The molecule has 0 bridgehead atoms. The van der Waals surface area contributed by atoms with Crippen LogP contribution in [-0.4, -0.2) is 41.6 Å². The van der Waals surface area contributed by atoms with E-state index < -0.39 is 5.91 Å². The van der Waals surface area contributed by atoms with Gasteiger partial charge in [0.15, 0.2) is 11.5 Å². The zero-order valence-corrected chi connectivity index (χ0v) is 9.87. The third-order valence-electron chi connectivity index (χ3n) is 3.06. The molecule has 1 aliphatic rings. The van der Waals surface area contributed by atoms with E-state index >= 15 is 0 Å². The summed E-state index contributed by atoms with van der Waals surface area (Å²) in [6.07, 6.45) is 1.80. The number of carbonyl (C=O) groups is 1. The maximum absolute atomic E-state index is 11.6. The molecule has 94 valence electrons. The fraction of sp³-hybridized carbons (Fsp3) is 0.333. The highest BCUT2D eigenvalue weighted by molar-refractivity contribution is 5.97. The number of imidazole rings is 1. The molecule has 1 fully saturated rings. The number of nitrogens with two attached hydrogens (primary N) is 1. The first-order valence-corrected chi connectivity index (χ1v) is 5.87. The molecule has 2 aromatic heterocycles. The molecule has 3 heterocycles. The number of rotatable bonds is 2. The molecule has 1 amide bonds. The Bertz CT molecular complexity index is 587. The van der Waals surface area contributed by atoms with Gasteiger partial charge in [-0.15, -0.1) is 0 Å². The van der Waals surface area contributed by atoms with Gasteiger partial charge in [0.05, 0.1) is 13.2 Å². The molecule has 18 heavy (non-hydrogen) atoms. The SMILES string of the molecule is NC(=O)c1c(N2CCOCC2)nc2ccccn12. The number of ether oxygens (including phenoxy) is 1. The molecular formula is C12H14N4O2. The summed E-state index contributed by atoms with van der Waals surface area (Å²) >= 11 is 0. The molecule has 2 N–H and O–H groups in total. The summed E-state index contributed by atoms with van der Waals surface area (Å²) in [5, 5.41) is 0. The van der Waals surface area contributed by atoms with Crippen LogP contribution in [0.4, 0.5) is 5.82 Å². The highest BCUT2D eigenvalue weighted by Gasteiger charge is 2.23. The number of nitrogens with zero attached hydrogens (tertiary/aromatic N) is 3. The van der Waals surface area contributed by atoms with Crippen molar-refractivity contribution in [1.29, 1.82) is 0 Å². The van der Waals surface area contributed by atoms with Crippen LogP contribution in [0, 0.1) is 0 Å². The molecule has 6 heteroatoms. The van der Waals surface area contributed by atoms with E-state index in [0.29, 0.717) is 24.7 Å². The fourth-order valence-electron chi connectivity index (χ4n) is 2.21. The second-order valence-corrected chi connectivity index (χ2v) is 4.18. The number of amides is 1. The van der Waals surface area contributed by atoms with Gasteiger partial charge in [0.25, 0.3) is 5.91 Å². The quantitative estimate of drug-likeness (QED) is 0.825. The highest BCUT2D eigenvalue weighted by atomic mass is 16.5. The lowest BCUT2D eigenvalue weighted by atomic mass is 10.3. The lowest BCUT2D eigenvalue weighted by Crippen LogP contribution is -2.37. The van der Waals surface area contributed by atoms with Crippen molar-refractivity contribution in [1.82, 2.24) is 9.38 Å². The number of hydrogen-bond acceptors (Lipinski definition) is 4. The highest BCUT2D eigenvalue weighted by Crippen LogP contribution is 2.22. The number of aromatic nitrogens is 2. The molecule has 0 unspecified atom stereocenters. The van der Waals surface area contributed by atoms with Crippen molar-refractivity contribution in [3.05, 3.63) is 30.1 Å². The zero-order valence-electron chi connectivity index (χ0n) is 9.87. The first-order chi connectivity index (χ1) is 8.77. The second kappa shape index (κ2) is 4.30. The van der Waals surface area contributed by atoms with Crippen molar-refractivity contribution >= 4 is 17.4 Å². The monoisotopic (exact) mass is 246 g/mol. The lowest BCUT2D eigenvalue weighted by Gasteiger charge is -2.27. The molecule has 0 spiro atoms. The normalized spacial score (nSPS) is 16.1. The standard InChI is InChI=1S/C12H14N4O2/c13-11(17)10-12(15-5-7-18-8-6-15)14-9-3-1-2-4-16(9)10/h1-4H,5-8H2,(H2,13,17). The molecular weight excluding hydrogens is 232 g/mol. The Morgan fingerprint density at radius 2 is 2.11 bits per heavy atom. The number of fused-ring (bicyclic) bond motifs is 1. The Morgan fingerprint density at radius 3 is 2.83 bits per heavy atom. The van der Waals surface area contributed by atoms with Gasteiger partial charge in [-0.2, -0.15) is 0 Å². The summed E-state index contributed by atoms with van der Waals surface area (Å²) in [5.41, 5.74) is 6.64.